The average Bonchev–Trinajstić information content (AvgIpc) is 2.77. The fourth-order valence-electron chi connectivity index (χ4n) is 3.23. The van der Waals surface area contributed by atoms with Crippen LogP contribution in [0.4, 0.5) is 5.82 Å². The van der Waals surface area contributed by atoms with Gasteiger partial charge in [-0.2, -0.15) is 0 Å². The summed E-state index contributed by atoms with van der Waals surface area (Å²) in [6.07, 6.45) is 4.14. The van der Waals surface area contributed by atoms with E-state index >= 15 is 0 Å². The van der Waals surface area contributed by atoms with Gasteiger partial charge in [0.25, 0.3) is 0 Å². The number of hydrogen-bond acceptors (Lipinski definition) is 4. The zero-order valence-corrected chi connectivity index (χ0v) is 20.4. The van der Waals surface area contributed by atoms with E-state index in [0.29, 0.717) is 13.1 Å². The first-order chi connectivity index (χ1) is 14.3. The Bertz CT molecular complexity index is 775. The molecule has 0 amide bonds. The highest BCUT2D eigenvalue weighted by Gasteiger charge is 2.15. The summed E-state index contributed by atoms with van der Waals surface area (Å²) in [5.74, 6) is 1.88. The molecule has 7 heteroatoms. The monoisotopic (exact) mass is 523 g/mol. The zero-order valence-electron chi connectivity index (χ0n) is 18.1. The number of anilines is 1. The number of nitrogens with zero attached hydrogens (tertiary/aromatic N) is 3. The molecule has 6 nitrogen and oxygen atoms in total. The van der Waals surface area contributed by atoms with Crippen molar-refractivity contribution < 1.29 is 4.74 Å². The molecule has 0 bridgehead atoms. The fourth-order valence-corrected chi connectivity index (χ4v) is 3.23. The Balaban J connectivity index is 0.00000320. The van der Waals surface area contributed by atoms with Gasteiger partial charge in [-0.15, -0.1) is 24.0 Å². The van der Waals surface area contributed by atoms with Crippen molar-refractivity contribution in [2.45, 2.75) is 39.8 Å². The molecular formula is C23H34IN5O. The van der Waals surface area contributed by atoms with Gasteiger partial charge in [0.2, 0.25) is 0 Å². The van der Waals surface area contributed by atoms with Gasteiger partial charge in [0.15, 0.2) is 5.96 Å². The van der Waals surface area contributed by atoms with Gasteiger partial charge in [-0.25, -0.2) is 9.98 Å². The summed E-state index contributed by atoms with van der Waals surface area (Å²) in [6, 6.07) is 12.7. The summed E-state index contributed by atoms with van der Waals surface area (Å²) in [6.45, 7) is 9.84. The third-order valence-corrected chi connectivity index (χ3v) is 4.99. The van der Waals surface area contributed by atoms with E-state index in [0.717, 1.165) is 57.5 Å². The zero-order chi connectivity index (χ0) is 20.3. The standard InChI is InChI=1S/C23H33N5O.HI/c1-3-4-11-25-23(26-17-20-9-7-19(2)8-10-20)27-18-21-6-5-12-24-22(21)28-13-15-29-16-14-28;/h5-10,12H,3-4,11,13-18H2,1-2H3,(H2,25,26,27);1H. The number of benzene rings is 1. The van der Waals surface area contributed by atoms with Crippen LogP contribution in [0, 0.1) is 6.92 Å². The number of halogens is 1. The molecule has 2 aromatic rings. The molecule has 1 aliphatic heterocycles. The molecule has 1 aromatic carbocycles. The first-order valence-electron chi connectivity index (χ1n) is 10.6. The van der Waals surface area contributed by atoms with E-state index in [1.165, 1.54) is 16.7 Å². The number of aryl methyl sites for hydroxylation is 1. The molecule has 0 unspecified atom stereocenters. The molecule has 1 saturated heterocycles. The number of nitrogens with one attached hydrogen (secondary N) is 2. The number of hydrogen-bond donors (Lipinski definition) is 2. The summed E-state index contributed by atoms with van der Waals surface area (Å²) in [5.41, 5.74) is 3.65. The quantitative estimate of drug-likeness (QED) is 0.238. The molecule has 0 atom stereocenters. The number of morpholine rings is 1. The van der Waals surface area contributed by atoms with Crippen molar-refractivity contribution >= 4 is 35.8 Å². The predicted octanol–water partition coefficient (Wildman–Crippen LogP) is 3.88. The van der Waals surface area contributed by atoms with Gasteiger partial charge in [-0.05, 0) is 25.0 Å². The molecule has 3 rings (SSSR count). The number of guanidine groups is 1. The largest absolute Gasteiger partial charge is 0.378 e. The average molecular weight is 523 g/mol. The molecule has 0 aliphatic carbocycles. The Morgan fingerprint density at radius 1 is 1.13 bits per heavy atom. The predicted molar refractivity (Wildman–Crippen MR) is 135 cm³/mol. The lowest BCUT2D eigenvalue weighted by atomic mass is 10.1. The number of pyridine rings is 1. The van der Waals surface area contributed by atoms with E-state index in [-0.39, 0.29) is 24.0 Å². The van der Waals surface area contributed by atoms with E-state index in [4.69, 9.17) is 9.73 Å². The highest BCUT2D eigenvalue weighted by Crippen LogP contribution is 2.18. The van der Waals surface area contributed by atoms with Crippen LogP contribution in [0.25, 0.3) is 0 Å². The van der Waals surface area contributed by atoms with Gasteiger partial charge in [0.1, 0.15) is 5.82 Å². The summed E-state index contributed by atoms with van der Waals surface area (Å²) in [4.78, 5) is 11.7. The number of rotatable bonds is 8. The maximum atomic E-state index is 5.48. The lowest BCUT2D eigenvalue weighted by Gasteiger charge is -2.29. The number of unbranched alkanes of at least 4 members (excludes halogenated alkanes) is 1. The van der Waals surface area contributed by atoms with E-state index in [9.17, 15) is 0 Å². The first-order valence-corrected chi connectivity index (χ1v) is 10.6. The molecule has 1 aromatic heterocycles. The summed E-state index contributed by atoms with van der Waals surface area (Å²) < 4.78 is 5.48. The molecule has 2 heterocycles. The Morgan fingerprint density at radius 3 is 2.63 bits per heavy atom. The van der Waals surface area contributed by atoms with Gasteiger partial charge in [0, 0.05) is 37.9 Å². The van der Waals surface area contributed by atoms with Crippen LogP contribution in [0.3, 0.4) is 0 Å². The van der Waals surface area contributed by atoms with Gasteiger partial charge < -0.3 is 20.3 Å². The second kappa shape index (κ2) is 13.4. The van der Waals surface area contributed by atoms with Gasteiger partial charge in [-0.1, -0.05) is 49.2 Å². The maximum Gasteiger partial charge on any atom is 0.191 e. The van der Waals surface area contributed by atoms with Gasteiger partial charge in [-0.3, -0.25) is 0 Å². The van der Waals surface area contributed by atoms with Crippen LogP contribution in [0.15, 0.2) is 47.6 Å². The molecule has 0 saturated carbocycles. The fraction of sp³-hybridized carbons (Fsp3) is 0.478. The normalized spacial score (nSPS) is 14.2. The van der Waals surface area contributed by atoms with Crippen LogP contribution in [0.2, 0.25) is 0 Å². The van der Waals surface area contributed by atoms with E-state index in [1.54, 1.807) is 0 Å². The molecule has 1 fully saturated rings. The van der Waals surface area contributed by atoms with Crippen molar-refractivity contribution in [1.29, 1.82) is 0 Å². The lowest BCUT2D eigenvalue weighted by Crippen LogP contribution is -2.39. The smallest absolute Gasteiger partial charge is 0.191 e. The number of aliphatic imine (C=N–C) groups is 1. The minimum atomic E-state index is 0. The molecular weight excluding hydrogens is 489 g/mol. The van der Waals surface area contributed by atoms with Crippen LogP contribution in [0.5, 0.6) is 0 Å². The molecule has 0 spiro atoms. The van der Waals surface area contributed by atoms with Gasteiger partial charge in [0.05, 0.1) is 19.8 Å². The van der Waals surface area contributed by atoms with Crippen molar-refractivity contribution in [3.63, 3.8) is 0 Å². The third kappa shape index (κ3) is 7.75. The van der Waals surface area contributed by atoms with Crippen LogP contribution >= 0.6 is 24.0 Å². The molecule has 30 heavy (non-hydrogen) atoms. The first kappa shape index (κ1) is 24.4. The second-order valence-corrected chi connectivity index (χ2v) is 7.37. The summed E-state index contributed by atoms with van der Waals surface area (Å²) in [5, 5.41) is 6.95. The molecule has 164 valence electrons. The van der Waals surface area contributed by atoms with Crippen molar-refractivity contribution in [3.8, 4) is 0 Å². The van der Waals surface area contributed by atoms with E-state index in [2.05, 4.69) is 64.7 Å². The minimum Gasteiger partial charge on any atom is -0.378 e. The Labute approximate surface area is 197 Å². The SMILES string of the molecule is CCCCNC(=NCc1ccc(C)cc1)NCc1cccnc1N1CCOCC1.I. The van der Waals surface area contributed by atoms with Crippen LogP contribution in [-0.2, 0) is 17.8 Å². The second-order valence-electron chi connectivity index (χ2n) is 7.37. The number of aromatic nitrogens is 1. The minimum absolute atomic E-state index is 0. The summed E-state index contributed by atoms with van der Waals surface area (Å²) >= 11 is 0. The highest BCUT2D eigenvalue weighted by molar-refractivity contribution is 14.0. The Morgan fingerprint density at radius 2 is 1.90 bits per heavy atom. The summed E-state index contributed by atoms with van der Waals surface area (Å²) in [7, 11) is 0. The van der Waals surface area contributed by atoms with Crippen molar-refractivity contribution in [1.82, 2.24) is 15.6 Å². The molecule has 1 aliphatic rings. The van der Waals surface area contributed by atoms with Crippen LogP contribution in [0.1, 0.15) is 36.5 Å². The Hall–Kier alpha value is -1.87. The third-order valence-electron chi connectivity index (χ3n) is 4.99. The van der Waals surface area contributed by atoms with Gasteiger partial charge >= 0.3 is 0 Å². The highest BCUT2D eigenvalue weighted by atomic mass is 127. The van der Waals surface area contributed by atoms with Crippen LogP contribution in [-0.4, -0.2) is 43.8 Å². The van der Waals surface area contributed by atoms with Crippen molar-refractivity contribution in [2.75, 3.05) is 37.7 Å². The van der Waals surface area contributed by atoms with Crippen LogP contribution < -0.4 is 15.5 Å². The number of ether oxygens (including phenoxy) is 1. The van der Waals surface area contributed by atoms with Crippen molar-refractivity contribution in [3.05, 3.63) is 59.3 Å². The Kier molecular flexibility index (Phi) is 10.9. The molecule has 2 N–H and O–H groups in total. The van der Waals surface area contributed by atoms with E-state index < -0.39 is 0 Å². The maximum absolute atomic E-state index is 5.48. The lowest BCUT2D eigenvalue weighted by molar-refractivity contribution is 0.122. The topological polar surface area (TPSA) is 61.8 Å². The molecule has 0 radical (unpaired) electrons. The van der Waals surface area contributed by atoms with E-state index in [1.807, 2.05) is 12.3 Å². The van der Waals surface area contributed by atoms with Crippen molar-refractivity contribution in [2.24, 2.45) is 4.99 Å².